The molecular formula is C22H25N3O2. The number of aryl methyl sites for hydroxylation is 2. The Kier molecular flexibility index (Phi) is 5.66. The van der Waals surface area contributed by atoms with Crippen LogP contribution in [0.25, 0.3) is 6.08 Å². The van der Waals surface area contributed by atoms with Crippen molar-refractivity contribution in [2.75, 3.05) is 23.3 Å². The molecule has 0 radical (unpaired) electrons. The average Bonchev–Trinajstić information content (AvgIpc) is 3.12. The third kappa shape index (κ3) is 4.59. The van der Waals surface area contributed by atoms with Crippen LogP contribution in [-0.4, -0.2) is 19.0 Å². The maximum absolute atomic E-state index is 12.5. The number of carbonyl (C=O) groups is 1. The molecule has 2 heterocycles. The van der Waals surface area contributed by atoms with E-state index in [1.807, 2.05) is 44.2 Å². The summed E-state index contributed by atoms with van der Waals surface area (Å²) in [6.45, 7) is 8.08. The number of rotatable bonds is 4. The molecule has 1 aromatic heterocycles. The molecule has 1 fully saturated rings. The molecule has 1 saturated heterocycles. The molecule has 1 aliphatic rings. The molecule has 1 amide bonds. The maximum atomic E-state index is 12.5. The summed E-state index contributed by atoms with van der Waals surface area (Å²) in [6, 6.07) is 11.5. The second kappa shape index (κ2) is 8.13. The van der Waals surface area contributed by atoms with Gasteiger partial charge >= 0.3 is 0 Å². The number of benzene rings is 1. The lowest BCUT2D eigenvalue weighted by Gasteiger charge is -2.29. The molecule has 3 rings (SSSR count). The highest BCUT2D eigenvalue weighted by molar-refractivity contribution is 6.09. The summed E-state index contributed by atoms with van der Waals surface area (Å²) in [7, 11) is 0. The molecule has 0 bridgehead atoms. The quantitative estimate of drug-likeness (QED) is 0.632. The number of furan rings is 1. The topological polar surface area (TPSA) is 69.3 Å². The summed E-state index contributed by atoms with van der Waals surface area (Å²) < 4.78 is 5.85. The zero-order valence-corrected chi connectivity index (χ0v) is 16.1. The van der Waals surface area contributed by atoms with Gasteiger partial charge in [-0.15, -0.1) is 0 Å². The van der Waals surface area contributed by atoms with Crippen LogP contribution in [0.15, 0.2) is 40.3 Å². The normalized spacial score (nSPS) is 15.5. The molecule has 0 saturated carbocycles. The van der Waals surface area contributed by atoms with Crippen molar-refractivity contribution in [2.24, 2.45) is 5.92 Å². The van der Waals surface area contributed by atoms with Gasteiger partial charge in [0.1, 0.15) is 17.4 Å². The van der Waals surface area contributed by atoms with Crippen LogP contribution in [0.4, 0.5) is 11.6 Å². The van der Waals surface area contributed by atoms with Gasteiger partial charge < -0.3 is 14.6 Å². The van der Waals surface area contributed by atoms with Crippen LogP contribution >= 0.6 is 0 Å². The molecule has 2 aromatic rings. The monoisotopic (exact) mass is 363 g/mol. The van der Waals surface area contributed by atoms with Crippen molar-refractivity contribution in [3.8, 4) is 6.07 Å². The lowest BCUT2D eigenvalue weighted by molar-refractivity contribution is -0.112. The Bertz CT molecular complexity index is 897. The number of anilines is 2. The summed E-state index contributed by atoms with van der Waals surface area (Å²) in [5.41, 5.74) is 2.73. The summed E-state index contributed by atoms with van der Waals surface area (Å²) in [6.07, 6.45) is 3.79. The average molecular weight is 363 g/mol. The fraction of sp³-hybridized carbons (Fsp3) is 0.364. The van der Waals surface area contributed by atoms with Crippen molar-refractivity contribution in [3.05, 3.63) is 52.8 Å². The van der Waals surface area contributed by atoms with E-state index >= 15 is 0 Å². The van der Waals surface area contributed by atoms with Gasteiger partial charge in [-0.05, 0) is 55.9 Å². The van der Waals surface area contributed by atoms with Crippen molar-refractivity contribution in [1.29, 1.82) is 5.26 Å². The van der Waals surface area contributed by atoms with Crippen molar-refractivity contribution >= 4 is 23.6 Å². The Morgan fingerprint density at radius 3 is 2.70 bits per heavy atom. The molecule has 0 aliphatic carbocycles. The van der Waals surface area contributed by atoms with Crippen molar-refractivity contribution in [3.63, 3.8) is 0 Å². The molecule has 5 heteroatoms. The summed E-state index contributed by atoms with van der Waals surface area (Å²) >= 11 is 0. The van der Waals surface area contributed by atoms with Gasteiger partial charge in [-0.3, -0.25) is 4.79 Å². The van der Waals surface area contributed by atoms with E-state index < -0.39 is 5.91 Å². The van der Waals surface area contributed by atoms with Crippen molar-refractivity contribution < 1.29 is 9.21 Å². The van der Waals surface area contributed by atoms with E-state index in [4.69, 9.17) is 4.42 Å². The molecule has 5 nitrogen and oxygen atoms in total. The first-order valence-electron chi connectivity index (χ1n) is 9.31. The Morgan fingerprint density at radius 1 is 1.26 bits per heavy atom. The van der Waals surface area contributed by atoms with Crippen LogP contribution in [0.3, 0.4) is 0 Å². The predicted octanol–water partition coefficient (Wildman–Crippen LogP) is 4.68. The lowest BCUT2D eigenvalue weighted by atomic mass is 9.99. The number of carbonyl (C=O) groups excluding carboxylic acids is 1. The largest absolute Gasteiger partial charge is 0.441 e. The minimum atomic E-state index is -0.434. The first-order chi connectivity index (χ1) is 13.0. The number of amides is 1. The van der Waals surface area contributed by atoms with Gasteiger partial charge in [0.2, 0.25) is 0 Å². The highest BCUT2D eigenvalue weighted by Gasteiger charge is 2.19. The smallest absolute Gasteiger partial charge is 0.266 e. The van der Waals surface area contributed by atoms with E-state index in [0.29, 0.717) is 11.4 Å². The molecule has 140 valence electrons. The van der Waals surface area contributed by atoms with Crippen LogP contribution < -0.4 is 10.2 Å². The first kappa shape index (κ1) is 18.8. The fourth-order valence-electron chi connectivity index (χ4n) is 3.17. The summed E-state index contributed by atoms with van der Waals surface area (Å²) in [4.78, 5) is 14.7. The molecule has 0 spiro atoms. The van der Waals surface area contributed by atoms with Crippen LogP contribution in [-0.2, 0) is 4.79 Å². The van der Waals surface area contributed by atoms with E-state index in [1.165, 1.54) is 6.08 Å². The number of nitrogens with zero attached hydrogens (tertiary/aromatic N) is 2. The minimum Gasteiger partial charge on any atom is -0.441 e. The van der Waals surface area contributed by atoms with Crippen LogP contribution in [0.5, 0.6) is 0 Å². The van der Waals surface area contributed by atoms with Crippen LogP contribution in [0, 0.1) is 31.1 Å². The zero-order valence-electron chi connectivity index (χ0n) is 16.1. The van der Waals surface area contributed by atoms with Gasteiger partial charge in [-0.25, -0.2) is 0 Å². The molecule has 1 N–H and O–H groups in total. The molecule has 1 aromatic carbocycles. The van der Waals surface area contributed by atoms with E-state index in [0.717, 1.165) is 48.9 Å². The highest BCUT2D eigenvalue weighted by atomic mass is 16.4. The maximum Gasteiger partial charge on any atom is 0.266 e. The van der Waals surface area contributed by atoms with Gasteiger partial charge in [0.05, 0.1) is 0 Å². The molecule has 0 unspecified atom stereocenters. The van der Waals surface area contributed by atoms with Crippen LogP contribution in [0.1, 0.15) is 36.7 Å². The summed E-state index contributed by atoms with van der Waals surface area (Å²) in [5, 5.41) is 12.2. The van der Waals surface area contributed by atoms with Gasteiger partial charge in [0.25, 0.3) is 5.91 Å². The standard InChI is InChI=1S/C22H25N3O2/c1-15-8-10-25(11-9-15)21-7-6-19(27-21)13-18(14-23)22(26)24-20-12-16(2)4-5-17(20)3/h4-7,12-13,15H,8-11H2,1-3H3,(H,24,26)/b18-13+. The van der Waals surface area contributed by atoms with E-state index in [2.05, 4.69) is 17.1 Å². The number of hydrogen-bond donors (Lipinski definition) is 1. The highest BCUT2D eigenvalue weighted by Crippen LogP contribution is 2.26. The second-order valence-corrected chi connectivity index (χ2v) is 7.29. The van der Waals surface area contributed by atoms with Crippen molar-refractivity contribution in [2.45, 2.75) is 33.6 Å². The van der Waals surface area contributed by atoms with E-state index in [-0.39, 0.29) is 5.57 Å². The van der Waals surface area contributed by atoms with Gasteiger partial charge in [-0.1, -0.05) is 19.1 Å². The van der Waals surface area contributed by atoms with Gasteiger partial charge in [0.15, 0.2) is 5.88 Å². The number of nitriles is 1. The molecule has 27 heavy (non-hydrogen) atoms. The first-order valence-corrected chi connectivity index (χ1v) is 9.31. The number of hydrogen-bond acceptors (Lipinski definition) is 4. The minimum absolute atomic E-state index is 0.0177. The Balaban J connectivity index is 1.73. The van der Waals surface area contributed by atoms with Gasteiger partial charge in [-0.2, -0.15) is 5.26 Å². The Labute approximate surface area is 160 Å². The lowest BCUT2D eigenvalue weighted by Crippen LogP contribution is -2.32. The zero-order chi connectivity index (χ0) is 19.4. The number of nitrogens with one attached hydrogen (secondary N) is 1. The van der Waals surface area contributed by atoms with Crippen LogP contribution in [0.2, 0.25) is 0 Å². The van der Waals surface area contributed by atoms with E-state index in [9.17, 15) is 10.1 Å². The summed E-state index contributed by atoms with van der Waals surface area (Å²) in [5.74, 6) is 1.61. The predicted molar refractivity (Wildman–Crippen MR) is 107 cm³/mol. The third-order valence-electron chi connectivity index (χ3n) is 5.00. The van der Waals surface area contributed by atoms with Gasteiger partial charge in [0, 0.05) is 30.9 Å². The second-order valence-electron chi connectivity index (χ2n) is 7.29. The SMILES string of the molecule is Cc1ccc(C)c(NC(=O)/C(C#N)=C/c2ccc(N3CCC(C)CC3)o2)c1. The van der Waals surface area contributed by atoms with Crippen molar-refractivity contribution in [1.82, 2.24) is 0 Å². The molecule has 0 atom stereocenters. The molecular weight excluding hydrogens is 338 g/mol. The third-order valence-corrected chi connectivity index (χ3v) is 5.00. The van der Waals surface area contributed by atoms with E-state index in [1.54, 1.807) is 6.07 Å². The fourth-order valence-corrected chi connectivity index (χ4v) is 3.17. The molecule has 1 aliphatic heterocycles. The Hall–Kier alpha value is -3.00. The number of piperidine rings is 1. The Morgan fingerprint density at radius 2 is 2.00 bits per heavy atom.